The second-order valence-electron chi connectivity index (χ2n) is 14.6. The van der Waals surface area contributed by atoms with Gasteiger partial charge in [0.1, 0.15) is 0 Å². The third-order valence-electron chi connectivity index (χ3n) is 11.3. The zero-order chi connectivity index (χ0) is 37.5. The smallest absolute Gasteiger partial charge is 0.160 e. The van der Waals surface area contributed by atoms with Gasteiger partial charge in [-0.05, 0) is 53.6 Å². The van der Waals surface area contributed by atoms with Gasteiger partial charge in [-0.15, -0.1) is 11.3 Å². The summed E-state index contributed by atoms with van der Waals surface area (Å²) in [7, 11) is 0. The Morgan fingerprint density at radius 1 is 0.351 bits per heavy atom. The van der Waals surface area contributed by atoms with Gasteiger partial charge in [0.25, 0.3) is 0 Å². The Kier molecular flexibility index (Phi) is 7.06. The van der Waals surface area contributed by atoms with Crippen molar-refractivity contribution in [3.05, 3.63) is 194 Å². The van der Waals surface area contributed by atoms with Crippen LogP contribution in [0.25, 0.3) is 109 Å². The molecule has 4 heterocycles. The average molecular weight is 745 g/mol. The first-order chi connectivity index (χ1) is 28.3. The van der Waals surface area contributed by atoms with Crippen LogP contribution >= 0.6 is 11.3 Å². The summed E-state index contributed by atoms with van der Waals surface area (Å²) in [6.45, 7) is 0. The summed E-state index contributed by atoms with van der Waals surface area (Å²) in [4.78, 5) is 10.5. The van der Waals surface area contributed by atoms with Crippen LogP contribution in [0.4, 0.5) is 0 Å². The highest BCUT2D eigenvalue weighted by Crippen LogP contribution is 2.45. The van der Waals surface area contributed by atoms with Crippen LogP contribution in [-0.4, -0.2) is 19.1 Å². The third-order valence-corrected chi connectivity index (χ3v) is 12.5. The van der Waals surface area contributed by atoms with E-state index in [0.717, 1.165) is 55.2 Å². The lowest BCUT2D eigenvalue weighted by Gasteiger charge is -2.16. The third kappa shape index (κ3) is 4.93. The Hall–Kier alpha value is -7.34. The maximum absolute atomic E-state index is 5.30. The molecular weight excluding hydrogens is 713 g/mol. The monoisotopic (exact) mass is 744 g/mol. The van der Waals surface area contributed by atoms with E-state index in [1.165, 1.54) is 53.9 Å². The molecule has 0 radical (unpaired) electrons. The molecule has 8 aromatic carbocycles. The van der Waals surface area contributed by atoms with Crippen molar-refractivity contribution in [1.29, 1.82) is 0 Å². The zero-order valence-electron chi connectivity index (χ0n) is 30.7. The van der Waals surface area contributed by atoms with E-state index in [9.17, 15) is 0 Å². The number of rotatable bonds is 5. The summed E-state index contributed by atoms with van der Waals surface area (Å²) in [6, 6.07) is 69.6. The number of hydrogen-bond donors (Lipinski definition) is 0. The Bertz CT molecular complexity index is 3280. The van der Waals surface area contributed by atoms with E-state index in [1.54, 1.807) is 11.3 Å². The molecule has 0 atom stereocenters. The summed E-state index contributed by atoms with van der Waals surface area (Å²) in [5, 5.41) is 6.09. The Balaban J connectivity index is 1.18. The molecule has 5 heteroatoms. The molecule has 0 N–H and O–H groups in total. The average Bonchev–Trinajstić information content (AvgIpc) is 3.94. The molecule has 0 saturated carbocycles. The SMILES string of the molecule is c1ccc(-c2nc(-c3ccccc3)c3sc4c(-c5cc(-n6c7ccccc7c7ccccc76)cc(-n6c7ccccc7c7ccccc76)c5)cccc4c3n2)cc1. The highest BCUT2D eigenvalue weighted by molar-refractivity contribution is 7.26. The highest BCUT2D eigenvalue weighted by Gasteiger charge is 2.21. The molecule has 0 amide bonds. The number of hydrogen-bond acceptors (Lipinski definition) is 3. The first-order valence-electron chi connectivity index (χ1n) is 19.3. The van der Waals surface area contributed by atoms with Crippen LogP contribution in [0.3, 0.4) is 0 Å². The molecule has 0 unspecified atom stereocenters. The van der Waals surface area contributed by atoms with Gasteiger partial charge in [-0.2, -0.15) is 0 Å². The van der Waals surface area contributed by atoms with Crippen molar-refractivity contribution in [2.45, 2.75) is 0 Å². The molecule has 0 bridgehead atoms. The Morgan fingerprint density at radius 3 is 1.33 bits per heavy atom. The molecule has 57 heavy (non-hydrogen) atoms. The van der Waals surface area contributed by atoms with E-state index in [2.05, 4.69) is 185 Å². The number of nitrogens with zero attached hydrogens (tertiary/aromatic N) is 4. The van der Waals surface area contributed by atoms with Crippen molar-refractivity contribution in [2.75, 3.05) is 0 Å². The van der Waals surface area contributed by atoms with E-state index >= 15 is 0 Å². The lowest BCUT2D eigenvalue weighted by atomic mass is 10.0. The number of benzene rings is 8. The van der Waals surface area contributed by atoms with Gasteiger partial charge in [0.15, 0.2) is 5.82 Å². The van der Waals surface area contributed by atoms with Crippen molar-refractivity contribution in [2.24, 2.45) is 0 Å². The van der Waals surface area contributed by atoms with Crippen molar-refractivity contribution < 1.29 is 0 Å². The highest BCUT2D eigenvalue weighted by atomic mass is 32.1. The van der Waals surface area contributed by atoms with E-state index in [4.69, 9.17) is 9.97 Å². The Morgan fingerprint density at radius 2 is 0.807 bits per heavy atom. The fourth-order valence-corrected chi connectivity index (χ4v) is 10.1. The maximum Gasteiger partial charge on any atom is 0.160 e. The number of para-hydroxylation sites is 4. The van der Waals surface area contributed by atoms with Gasteiger partial charge in [-0.3, -0.25) is 0 Å². The fourth-order valence-electron chi connectivity index (χ4n) is 8.81. The maximum atomic E-state index is 5.30. The minimum absolute atomic E-state index is 0.731. The number of fused-ring (bicyclic) bond motifs is 9. The molecular formula is C52H32N4S. The van der Waals surface area contributed by atoms with Crippen molar-refractivity contribution in [3.63, 3.8) is 0 Å². The second-order valence-corrected chi connectivity index (χ2v) is 15.6. The van der Waals surface area contributed by atoms with Crippen LogP contribution in [-0.2, 0) is 0 Å². The largest absolute Gasteiger partial charge is 0.309 e. The van der Waals surface area contributed by atoms with Gasteiger partial charge in [0.2, 0.25) is 0 Å². The van der Waals surface area contributed by atoms with Gasteiger partial charge in [-0.25, -0.2) is 9.97 Å². The van der Waals surface area contributed by atoms with Crippen LogP contribution in [0.1, 0.15) is 0 Å². The minimum Gasteiger partial charge on any atom is -0.309 e. The first kappa shape index (κ1) is 32.0. The number of thiophene rings is 1. The quantitative estimate of drug-likeness (QED) is 0.176. The van der Waals surface area contributed by atoms with E-state index in [1.807, 2.05) is 18.2 Å². The molecule has 12 rings (SSSR count). The molecule has 266 valence electrons. The molecule has 4 aromatic heterocycles. The van der Waals surface area contributed by atoms with Crippen LogP contribution in [0.5, 0.6) is 0 Å². The minimum atomic E-state index is 0.731. The molecule has 0 aliphatic heterocycles. The van der Waals surface area contributed by atoms with E-state index < -0.39 is 0 Å². The summed E-state index contributed by atoms with van der Waals surface area (Å²) in [5.41, 5.74) is 13.3. The van der Waals surface area contributed by atoms with Gasteiger partial charge >= 0.3 is 0 Å². The van der Waals surface area contributed by atoms with Gasteiger partial charge < -0.3 is 9.13 Å². The fraction of sp³-hybridized carbons (Fsp3) is 0. The van der Waals surface area contributed by atoms with Crippen molar-refractivity contribution >= 4 is 75.3 Å². The predicted molar refractivity (Wildman–Crippen MR) is 240 cm³/mol. The first-order valence-corrected chi connectivity index (χ1v) is 20.1. The zero-order valence-corrected chi connectivity index (χ0v) is 31.5. The van der Waals surface area contributed by atoms with Gasteiger partial charge in [0, 0.05) is 54.1 Å². The lowest BCUT2D eigenvalue weighted by molar-refractivity contribution is 1.13. The Labute approximate surface area is 332 Å². The molecule has 4 nitrogen and oxygen atoms in total. The molecule has 0 saturated heterocycles. The van der Waals surface area contributed by atoms with Gasteiger partial charge in [0.05, 0.1) is 38.0 Å². The second kappa shape index (κ2) is 12.6. The van der Waals surface area contributed by atoms with Crippen molar-refractivity contribution in [3.8, 4) is 45.1 Å². The molecule has 0 spiro atoms. The van der Waals surface area contributed by atoms with E-state index in [0.29, 0.717) is 0 Å². The van der Waals surface area contributed by atoms with Crippen LogP contribution in [0.2, 0.25) is 0 Å². The van der Waals surface area contributed by atoms with Crippen LogP contribution < -0.4 is 0 Å². The van der Waals surface area contributed by atoms with Crippen molar-refractivity contribution in [1.82, 2.24) is 19.1 Å². The standard InChI is InChI=1S/C52H32N4S/c1-3-16-33(17-4-1)48-51-49(54-52(53-48)34-18-5-2-6-19-34)43-25-15-24-38(50(43)57-51)35-30-36(55-44-26-11-7-20-39(44)40-21-8-12-27-45(40)55)32-37(31-35)56-46-28-13-9-22-41(46)42-23-10-14-29-47(42)56/h1-32H. The predicted octanol–water partition coefficient (Wildman–Crippen LogP) is 14.0. The normalized spacial score (nSPS) is 11.9. The van der Waals surface area contributed by atoms with Gasteiger partial charge in [-0.1, -0.05) is 152 Å². The topological polar surface area (TPSA) is 35.6 Å². The van der Waals surface area contributed by atoms with Crippen LogP contribution in [0.15, 0.2) is 194 Å². The van der Waals surface area contributed by atoms with E-state index in [-0.39, 0.29) is 0 Å². The molecule has 0 aliphatic rings. The number of aromatic nitrogens is 4. The molecule has 0 aliphatic carbocycles. The van der Waals surface area contributed by atoms with Crippen LogP contribution in [0, 0.1) is 0 Å². The summed E-state index contributed by atoms with van der Waals surface area (Å²) in [6.07, 6.45) is 0. The molecule has 0 fully saturated rings. The summed E-state index contributed by atoms with van der Waals surface area (Å²) < 4.78 is 7.14. The summed E-state index contributed by atoms with van der Waals surface area (Å²) in [5.74, 6) is 0.731. The molecule has 12 aromatic rings. The lowest BCUT2D eigenvalue weighted by Crippen LogP contribution is -2.00. The summed E-state index contributed by atoms with van der Waals surface area (Å²) >= 11 is 1.79.